The number of nitrogens with zero attached hydrogens (tertiary/aromatic N) is 2. The zero-order valence-corrected chi connectivity index (χ0v) is 14.2. The lowest BCUT2D eigenvalue weighted by molar-refractivity contribution is 0.00673. The zero-order chi connectivity index (χ0) is 18.1. The van der Waals surface area contributed by atoms with Gasteiger partial charge in [-0.15, -0.1) is 0 Å². The van der Waals surface area contributed by atoms with Gasteiger partial charge < -0.3 is 4.74 Å². The number of rotatable bonds is 8. The second-order valence-corrected chi connectivity index (χ2v) is 5.73. The Kier molecular flexibility index (Phi) is 6.46. The van der Waals surface area contributed by atoms with Crippen LogP contribution in [0.3, 0.4) is 0 Å². The Morgan fingerprint density at radius 2 is 1.60 bits per heavy atom. The van der Waals surface area contributed by atoms with Crippen molar-refractivity contribution in [2.24, 2.45) is 5.41 Å². The number of carbonyl (C=O) groups excluding carboxylic acids is 1. The Balaban J connectivity index is 2.26. The summed E-state index contributed by atoms with van der Waals surface area (Å²) in [6.07, 6.45) is -0.466. The molecular formula is C21H20N2O2. The number of hydrogen-bond donors (Lipinski definition) is 0. The highest BCUT2D eigenvalue weighted by Gasteiger charge is 2.41. The minimum absolute atomic E-state index is 0.0845. The fraction of sp³-hybridized carbons (Fsp3) is 0.286. The number of hydrogen-bond acceptors (Lipinski definition) is 4. The van der Waals surface area contributed by atoms with Gasteiger partial charge in [-0.2, -0.15) is 10.5 Å². The van der Waals surface area contributed by atoms with E-state index in [-0.39, 0.29) is 18.6 Å². The molecule has 0 radical (unpaired) electrons. The lowest BCUT2D eigenvalue weighted by atomic mass is 9.77. The van der Waals surface area contributed by atoms with Gasteiger partial charge in [0.25, 0.3) is 0 Å². The fourth-order valence-electron chi connectivity index (χ4n) is 2.78. The van der Waals surface area contributed by atoms with Crippen LogP contribution in [0, 0.1) is 28.1 Å². The van der Waals surface area contributed by atoms with Gasteiger partial charge in [-0.3, -0.25) is 4.79 Å². The molecule has 25 heavy (non-hydrogen) atoms. The molecule has 0 saturated heterocycles. The van der Waals surface area contributed by atoms with E-state index >= 15 is 0 Å². The monoisotopic (exact) mass is 332 g/mol. The SMILES string of the molecule is CCOC(c1ccccc1)C(C#N)(C#N)CCC(=O)c1ccccc1. The molecule has 2 rings (SSSR count). The van der Waals surface area contributed by atoms with Crippen LogP contribution in [0.2, 0.25) is 0 Å². The first-order chi connectivity index (χ1) is 12.2. The summed E-state index contributed by atoms with van der Waals surface area (Å²) in [6, 6.07) is 22.4. The average molecular weight is 332 g/mol. The summed E-state index contributed by atoms with van der Waals surface area (Å²) >= 11 is 0. The fourth-order valence-corrected chi connectivity index (χ4v) is 2.78. The van der Waals surface area contributed by atoms with Crippen LogP contribution >= 0.6 is 0 Å². The van der Waals surface area contributed by atoms with E-state index in [9.17, 15) is 15.3 Å². The summed E-state index contributed by atoms with van der Waals surface area (Å²) in [5.74, 6) is -0.0845. The van der Waals surface area contributed by atoms with Crippen molar-refractivity contribution in [1.82, 2.24) is 0 Å². The highest BCUT2D eigenvalue weighted by molar-refractivity contribution is 5.96. The second kappa shape index (κ2) is 8.78. The van der Waals surface area contributed by atoms with Crippen LogP contribution in [0.25, 0.3) is 0 Å². The van der Waals surface area contributed by atoms with Crippen molar-refractivity contribution >= 4 is 5.78 Å². The number of benzene rings is 2. The predicted octanol–water partition coefficient (Wildman–Crippen LogP) is 4.46. The molecule has 0 spiro atoms. The maximum absolute atomic E-state index is 12.4. The first-order valence-electron chi connectivity index (χ1n) is 8.24. The second-order valence-electron chi connectivity index (χ2n) is 5.73. The van der Waals surface area contributed by atoms with E-state index in [0.717, 1.165) is 5.56 Å². The Morgan fingerprint density at radius 1 is 1.04 bits per heavy atom. The van der Waals surface area contributed by atoms with Crippen LogP contribution in [-0.2, 0) is 4.74 Å². The molecule has 0 aliphatic carbocycles. The normalized spacial score (nSPS) is 12.0. The maximum Gasteiger partial charge on any atom is 0.174 e. The molecule has 0 bridgehead atoms. The van der Waals surface area contributed by atoms with Gasteiger partial charge in [0.2, 0.25) is 0 Å². The molecule has 1 unspecified atom stereocenters. The summed E-state index contributed by atoms with van der Waals surface area (Å²) in [4.78, 5) is 12.4. The largest absolute Gasteiger partial charge is 0.371 e. The van der Waals surface area contributed by atoms with Crippen molar-refractivity contribution in [3.05, 3.63) is 71.8 Å². The van der Waals surface area contributed by atoms with Gasteiger partial charge in [0, 0.05) is 18.6 Å². The van der Waals surface area contributed by atoms with Gasteiger partial charge in [0.05, 0.1) is 12.1 Å². The van der Waals surface area contributed by atoms with E-state index in [0.29, 0.717) is 12.2 Å². The molecule has 0 saturated carbocycles. The quantitative estimate of drug-likeness (QED) is 0.669. The van der Waals surface area contributed by atoms with Crippen molar-refractivity contribution in [1.29, 1.82) is 10.5 Å². The highest BCUT2D eigenvalue weighted by Crippen LogP contribution is 2.40. The molecule has 0 fully saturated rings. The number of carbonyl (C=O) groups is 1. The van der Waals surface area contributed by atoms with Crippen LogP contribution in [-0.4, -0.2) is 12.4 Å². The number of ether oxygens (including phenoxy) is 1. The van der Waals surface area contributed by atoms with E-state index < -0.39 is 11.5 Å². The highest BCUT2D eigenvalue weighted by atomic mass is 16.5. The minimum atomic E-state index is -1.41. The number of nitriles is 2. The van der Waals surface area contributed by atoms with E-state index in [2.05, 4.69) is 12.1 Å². The van der Waals surface area contributed by atoms with Gasteiger partial charge in [0.15, 0.2) is 11.2 Å². The lowest BCUT2D eigenvalue weighted by Crippen LogP contribution is -2.29. The van der Waals surface area contributed by atoms with Gasteiger partial charge in [-0.1, -0.05) is 60.7 Å². The molecule has 4 heteroatoms. The third kappa shape index (κ3) is 4.32. The molecule has 4 nitrogen and oxygen atoms in total. The van der Waals surface area contributed by atoms with Gasteiger partial charge in [-0.05, 0) is 18.9 Å². The van der Waals surface area contributed by atoms with E-state index in [1.54, 1.807) is 24.3 Å². The summed E-state index contributed by atoms with van der Waals surface area (Å²) < 4.78 is 5.76. The van der Waals surface area contributed by atoms with Crippen LogP contribution in [0.1, 0.15) is 41.8 Å². The van der Waals surface area contributed by atoms with Gasteiger partial charge in [0.1, 0.15) is 6.10 Å². The zero-order valence-electron chi connectivity index (χ0n) is 14.2. The Bertz CT molecular complexity index is 759. The minimum Gasteiger partial charge on any atom is -0.371 e. The summed E-state index contributed by atoms with van der Waals surface area (Å²) in [6.45, 7) is 2.20. The van der Waals surface area contributed by atoms with E-state index in [1.165, 1.54) is 0 Å². The standard InChI is InChI=1S/C21H20N2O2/c1-2-25-20(18-11-7-4-8-12-18)21(15-22,16-23)14-13-19(24)17-9-5-3-6-10-17/h3-12,20H,2,13-14H2,1H3. The first kappa shape index (κ1) is 18.4. The molecule has 0 aliphatic rings. The van der Waals surface area contributed by atoms with Crippen molar-refractivity contribution in [3.8, 4) is 12.1 Å². The molecule has 0 aliphatic heterocycles. The molecule has 0 heterocycles. The Labute approximate surface area is 148 Å². The molecule has 0 N–H and O–H groups in total. The Morgan fingerprint density at radius 3 is 2.12 bits per heavy atom. The molecule has 126 valence electrons. The maximum atomic E-state index is 12.4. The third-order valence-corrected chi connectivity index (χ3v) is 4.12. The van der Waals surface area contributed by atoms with Crippen LogP contribution in [0.5, 0.6) is 0 Å². The van der Waals surface area contributed by atoms with E-state index in [1.807, 2.05) is 43.3 Å². The molecule has 1 atom stereocenters. The van der Waals surface area contributed by atoms with Crippen molar-refractivity contribution in [2.75, 3.05) is 6.61 Å². The summed E-state index contributed by atoms with van der Waals surface area (Å²) in [5, 5.41) is 19.5. The summed E-state index contributed by atoms with van der Waals surface area (Å²) in [5.41, 5.74) is -0.0681. The van der Waals surface area contributed by atoms with Crippen LogP contribution in [0.15, 0.2) is 60.7 Å². The third-order valence-electron chi connectivity index (χ3n) is 4.12. The topological polar surface area (TPSA) is 73.9 Å². The summed E-state index contributed by atoms with van der Waals surface area (Å²) in [7, 11) is 0. The smallest absolute Gasteiger partial charge is 0.174 e. The van der Waals surface area contributed by atoms with Crippen molar-refractivity contribution < 1.29 is 9.53 Å². The van der Waals surface area contributed by atoms with E-state index in [4.69, 9.17) is 4.74 Å². The molecule has 0 amide bonds. The Hall–Kier alpha value is -2.95. The predicted molar refractivity (Wildman–Crippen MR) is 94.5 cm³/mol. The van der Waals surface area contributed by atoms with Gasteiger partial charge >= 0.3 is 0 Å². The van der Waals surface area contributed by atoms with Crippen LogP contribution in [0.4, 0.5) is 0 Å². The molecule has 2 aromatic rings. The number of ketones is 1. The lowest BCUT2D eigenvalue weighted by Gasteiger charge is -2.29. The first-order valence-corrected chi connectivity index (χ1v) is 8.24. The molecule has 0 aromatic heterocycles. The number of Topliss-reactive ketones (excluding diaryl/α,β-unsaturated/α-hetero) is 1. The van der Waals surface area contributed by atoms with Crippen molar-refractivity contribution in [3.63, 3.8) is 0 Å². The van der Waals surface area contributed by atoms with Crippen molar-refractivity contribution in [2.45, 2.75) is 25.9 Å². The van der Waals surface area contributed by atoms with Gasteiger partial charge in [-0.25, -0.2) is 0 Å². The molecule has 2 aromatic carbocycles. The van der Waals surface area contributed by atoms with Crippen LogP contribution < -0.4 is 0 Å². The molecular weight excluding hydrogens is 312 g/mol. The average Bonchev–Trinajstić information content (AvgIpc) is 2.69.